The minimum Gasteiger partial charge on any atom is -0.461 e. The molecule has 1 aromatic rings. The molecule has 0 unspecified atom stereocenters. The quantitative estimate of drug-likeness (QED) is 0.492. The van der Waals surface area contributed by atoms with Crippen LogP contribution in [0, 0.1) is 0 Å². The van der Waals surface area contributed by atoms with E-state index in [0.717, 1.165) is 6.42 Å². The molecule has 1 heterocycles. The third kappa shape index (κ3) is 3.72. The second-order valence-corrected chi connectivity index (χ2v) is 2.80. The summed E-state index contributed by atoms with van der Waals surface area (Å²) in [6.45, 7) is 1.24. The van der Waals surface area contributed by atoms with Crippen LogP contribution in [0.25, 0.3) is 0 Å². The second-order valence-electron chi connectivity index (χ2n) is 2.80. The number of Topliss-reactive ketones (excluding diaryl/α,β-unsaturated/α-hetero) is 1. The van der Waals surface area contributed by atoms with Gasteiger partial charge in [0, 0.05) is 20.3 Å². The summed E-state index contributed by atoms with van der Waals surface area (Å²) in [5, 5.41) is 0. The Hall–Kier alpha value is -1.13. The lowest BCUT2D eigenvalue weighted by Crippen LogP contribution is -2.09. The molecule has 0 aliphatic heterocycles. The zero-order chi connectivity index (χ0) is 10.2. The van der Waals surface area contributed by atoms with Crippen LogP contribution in [0.3, 0.4) is 0 Å². The molecule has 4 heteroatoms. The number of carbonyl (C=O) groups excluding carboxylic acids is 1. The minimum absolute atomic E-state index is 0.0667. The first-order valence-corrected chi connectivity index (χ1v) is 4.48. The summed E-state index contributed by atoms with van der Waals surface area (Å²) in [6, 6.07) is 3.30. The molecular formula is C10H14O4. The van der Waals surface area contributed by atoms with Gasteiger partial charge in [0.1, 0.15) is 6.61 Å². The lowest BCUT2D eigenvalue weighted by Gasteiger charge is -2.01. The first kappa shape index (κ1) is 10.9. The van der Waals surface area contributed by atoms with Crippen molar-refractivity contribution in [3.05, 3.63) is 24.2 Å². The van der Waals surface area contributed by atoms with Crippen LogP contribution in [0.4, 0.5) is 0 Å². The summed E-state index contributed by atoms with van der Waals surface area (Å²) < 4.78 is 14.9. The van der Waals surface area contributed by atoms with Crippen molar-refractivity contribution in [2.75, 3.05) is 26.9 Å². The molecule has 0 spiro atoms. The van der Waals surface area contributed by atoms with Gasteiger partial charge < -0.3 is 13.9 Å². The van der Waals surface area contributed by atoms with Gasteiger partial charge in [-0.15, -0.1) is 0 Å². The highest BCUT2D eigenvalue weighted by Gasteiger charge is 2.07. The van der Waals surface area contributed by atoms with E-state index in [1.807, 2.05) is 0 Å². The van der Waals surface area contributed by atoms with E-state index in [1.165, 1.54) is 6.26 Å². The Labute approximate surface area is 82.8 Å². The third-order valence-corrected chi connectivity index (χ3v) is 1.67. The molecule has 14 heavy (non-hydrogen) atoms. The largest absolute Gasteiger partial charge is 0.461 e. The van der Waals surface area contributed by atoms with Gasteiger partial charge in [-0.2, -0.15) is 0 Å². The molecular weight excluding hydrogens is 184 g/mol. The zero-order valence-electron chi connectivity index (χ0n) is 8.19. The van der Waals surface area contributed by atoms with E-state index in [1.54, 1.807) is 19.2 Å². The molecule has 0 fully saturated rings. The number of methoxy groups -OCH3 is 1. The van der Waals surface area contributed by atoms with Crippen LogP contribution < -0.4 is 0 Å². The Morgan fingerprint density at radius 2 is 2.36 bits per heavy atom. The zero-order valence-corrected chi connectivity index (χ0v) is 8.19. The second kappa shape index (κ2) is 6.34. The number of furan rings is 1. The van der Waals surface area contributed by atoms with E-state index in [-0.39, 0.29) is 12.4 Å². The van der Waals surface area contributed by atoms with Gasteiger partial charge in [0.25, 0.3) is 0 Å². The Morgan fingerprint density at radius 1 is 1.50 bits per heavy atom. The average molecular weight is 198 g/mol. The number of rotatable bonds is 7. The van der Waals surface area contributed by atoms with Crippen molar-refractivity contribution in [2.24, 2.45) is 0 Å². The van der Waals surface area contributed by atoms with Crippen molar-refractivity contribution in [3.63, 3.8) is 0 Å². The highest BCUT2D eigenvalue weighted by atomic mass is 16.5. The molecule has 0 radical (unpaired) electrons. The van der Waals surface area contributed by atoms with Crippen molar-refractivity contribution in [1.82, 2.24) is 0 Å². The summed E-state index contributed by atoms with van der Waals surface area (Å²) in [5.41, 5.74) is 0. The van der Waals surface area contributed by atoms with Gasteiger partial charge in [0.2, 0.25) is 5.78 Å². The molecule has 0 aliphatic carbocycles. The maximum atomic E-state index is 11.3. The predicted molar refractivity (Wildman–Crippen MR) is 50.4 cm³/mol. The fraction of sp³-hybridized carbons (Fsp3) is 0.500. The molecule has 1 rings (SSSR count). The summed E-state index contributed by atoms with van der Waals surface area (Å²) in [5.74, 6) is 0.212. The maximum absolute atomic E-state index is 11.3. The van der Waals surface area contributed by atoms with E-state index in [9.17, 15) is 4.79 Å². The minimum atomic E-state index is -0.132. The van der Waals surface area contributed by atoms with Gasteiger partial charge in [-0.3, -0.25) is 4.79 Å². The first-order valence-electron chi connectivity index (χ1n) is 4.48. The lowest BCUT2D eigenvalue weighted by atomic mass is 10.3. The van der Waals surface area contributed by atoms with Crippen LogP contribution in [0.2, 0.25) is 0 Å². The number of hydrogen-bond donors (Lipinski definition) is 0. The van der Waals surface area contributed by atoms with E-state index in [2.05, 4.69) is 0 Å². The fourth-order valence-electron chi connectivity index (χ4n) is 0.979. The topological polar surface area (TPSA) is 48.7 Å². The standard InChI is InChI=1S/C10H14O4/c1-12-5-3-6-13-8-9(11)10-4-2-7-14-10/h2,4,7H,3,5-6,8H2,1H3. The molecule has 78 valence electrons. The van der Waals surface area contributed by atoms with Gasteiger partial charge in [-0.25, -0.2) is 0 Å². The number of hydrogen-bond acceptors (Lipinski definition) is 4. The van der Waals surface area contributed by atoms with Crippen LogP contribution in [0.5, 0.6) is 0 Å². The number of ether oxygens (including phenoxy) is 2. The normalized spacial score (nSPS) is 10.4. The molecule has 1 aromatic heterocycles. The van der Waals surface area contributed by atoms with Crippen LogP contribution in [-0.4, -0.2) is 32.7 Å². The van der Waals surface area contributed by atoms with Crippen LogP contribution in [0.15, 0.2) is 22.8 Å². The molecule has 0 saturated heterocycles. The Balaban J connectivity index is 2.10. The van der Waals surface area contributed by atoms with Crippen LogP contribution >= 0.6 is 0 Å². The summed E-state index contributed by atoms with van der Waals surface area (Å²) >= 11 is 0. The molecule has 4 nitrogen and oxygen atoms in total. The average Bonchev–Trinajstić information content (AvgIpc) is 2.70. The van der Waals surface area contributed by atoms with Crippen LogP contribution in [-0.2, 0) is 9.47 Å². The number of ketones is 1. The van der Waals surface area contributed by atoms with Gasteiger partial charge in [-0.05, 0) is 18.6 Å². The van der Waals surface area contributed by atoms with Gasteiger partial charge in [-0.1, -0.05) is 0 Å². The SMILES string of the molecule is COCCCOCC(=O)c1ccco1. The van der Waals surface area contributed by atoms with Gasteiger partial charge >= 0.3 is 0 Å². The van der Waals surface area contributed by atoms with Gasteiger partial charge in [0.05, 0.1) is 6.26 Å². The predicted octanol–water partition coefficient (Wildman–Crippen LogP) is 1.52. The van der Waals surface area contributed by atoms with Crippen LogP contribution in [0.1, 0.15) is 17.0 Å². The fourth-order valence-corrected chi connectivity index (χ4v) is 0.979. The molecule has 0 N–H and O–H groups in total. The first-order chi connectivity index (χ1) is 6.84. The van der Waals surface area contributed by atoms with Crippen molar-refractivity contribution >= 4 is 5.78 Å². The Bertz CT molecular complexity index is 253. The molecule has 0 aromatic carbocycles. The van der Waals surface area contributed by atoms with Crippen molar-refractivity contribution in [3.8, 4) is 0 Å². The maximum Gasteiger partial charge on any atom is 0.223 e. The smallest absolute Gasteiger partial charge is 0.223 e. The molecule has 0 saturated carbocycles. The van der Waals surface area contributed by atoms with E-state index in [0.29, 0.717) is 19.0 Å². The molecule has 0 bridgehead atoms. The van der Waals surface area contributed by atoms with Gasteiger partial charge in [0.15, 0.2) is 5.76 Å². The molecule has 0 atom stereocenters. The van der Waals surface area contributed by atoms with E-state index in [4.69, 9.17) is 13.9 Å². The molecule has 0 amide bonds. The summed E-state index contributed by atoms with van der Waals surface area (Å²) in [4.78, 5) is 11.3. The Morgan fingerprint density at radius 3 is 3.00 bits per heavy atom. The monoisotopic (exact) mass is 198 g/mol. The van der Waals surface area contributed by atoms with E-state index >= 15 is 0 Å². The summed E-state index contributed by atoms with van der Waals surface area (Å²) in [7, 11) is 1.63. The highest BCUT2D eigenvalue weighted by molar-refractivity contribution is 5.94. The Kier molecular flexibility index (Phi) is 4.96. The summed E-state index contributed by atoms with van der Waals surface area (Å²) in [6.07, 6.45) is 2.26. The van der Waals surface area contributed by atoms with Crippen molar-refractivity contribution < 1.29 is 18.7 Å². The third-order valence-electron chi connectivity index (χ3n) is 1.67. The molecule has 0 aliphatic rings. The van der Waals surface area contributed by atoms with Crippen molar-refractivity contribution in [2.45, 2.75) is 6.42 Å². The van der Waals surface area contributed by atoms with Crippen molar-refractivity contribution in [1.29, 1.82) is 0 Å². The number of carbonyl (C=O) groups is 1. The lowest BCUT2D eigenvalue weighted by molar-refractivity contribution is 0.0681. The highest BCUT2D eigenvalue weighted by Crippen LogP contribution is 2.01. The van der Waals surface area contributed by atoms with E-state index < -0.39 is 0 Å².